The second-order valence-corrected chi connectivity index (χ2v) is 4.16. The van der Waals surface area contributed by atoms with E-state index >= 15 is 0 Å². The lowest BCUT2D eigenvalue weighted by molar-refractivity contribution is 0.951. The number of aromatic amines is 1. The van der Waals surface area contributed by atoms with E-state index < -0.39 is 0 Å². The summed E-state index contributed by atoms with van der Waals surface area (Å²) in [5.74, 6) is 1.01. The molecule has 2 heterocycles. The fraction of sp³-hybridized carbons (Fsp3) is 0.273. The zero-order valence-electron chi connectivity index (χ0n) is 8.63. The van der Waals surface area contributed by atoms with Gasteiger partial charge < -0.3 is 10.3 Å². The number of nitrogens with zero attached hydrogens (tertiary/aromatic N) is 2. The third-order valence-corrected chi connectivity index (χ3v) is 3.07. The van der Waals surface area contributed by atoms with E-state index in [1.165, 1.54) is 0 Å². The fourth-order valence-corrected chi connectivity index (χ4v) is 2.13. The van der Waals surface area contributed by atoms with Crippen LogP contribution in [-0.4, -0.2) is 22.3 Å². The highest BCUT2D eigenvalue weighted by atomic mass is 35.5. The molecule has 0 aliphatic carbocycles. The average molecular weight is 235 g/mol. The molecule has 1 aliphatic rings. The number of aromatic nitrogens is 2. The first-order chi connectivity index (χ1) is 7.84. The van der Waals surface area contributed by atoms with Crippen molar-refractivity contribution < 1.29 is 0 Å². The molecule has 0 fully saturated rings. The number of halogens is 1. The SMILES string of the molecule is Clc1c(NC2=NCCC2)ccc2[nH]cnc12. The Morgan fingerprint density at radius 3 is 3.12 bits per heavy atom. The van der Waals surface area contributed by atoms with Gasteiger partial charge in [-0.2, -0.15) is 0 Å². The Morgan fingerprint density at radius 2 is 2.31 bits per heavy atom. The van der Waals surface area contributed by atoms with Crippen LogP contribution in [0.3, 0.4) is 0 Å². The molecule has 1 aliphatic heterocycles. The second-order valence-electron chi connectivity index (χ2n) is 3.78. The van der Waals surface area contributed by atoms with Gasteiger partial charge in [-0.05, 0) is 18.6 Å². The first-order valence-electron chi connectivity index (χ1n) is 5.26. The van der Waals surface area contributed by atoms with E-state index in [-0.39, 0.29) is 0 Å². The maximum Gasteiger partial charge on any atom is 0.109 e. The van der Waals surface area contributed by atoms with Gasteiger partial charge in [0.1, 0.15) is 11.4 Å². The molecule has 0 bridgehead atoms. The molecule has 0 radical (unpaired) electrons. The quantitative estimate of drug-likeness (QED) is 0.797. The van der Waals surface area contributed by atoms with Crippen LogP contribution in [0.4, 0.5) is 5.69 Å². The molecule has 16 heavy (non-hydrogen) atoms. The lowest BCUT2D eigenvalue weighted by atomic mass is 10.2. The first-order valence-corrected chi connectivity index (χ1v) is 5.64. The number of anilines is 1. The molecule has 3 rings (SSSR count). The number of fused-ring (bicyclic) bond motifs is 1. The molecule has 82 valence electrons. The molecule has 0 atom stereocenters. The van der Waals surface area contributed by atoms with Gasteiger partial charge in [0, 0.05) is 13.0 Å². The van der Waals surface area contributed by atoms with E-state index in [9.17, 15) is 0 Å². The highest BCUT2D eigenvalue weighted by Crippen LogP contribution is 2.29. The number of rotatable bonds is 1. The summed E-state index contributed by atoms with van der Waals surface area (Å²) < 4.78 is 0. The van der Waals surface area contributed by atoms with E-state index in [2.05, 4.69) is 20.3 Å². The molecule has 0 saturated heterocycles. The third kappa shape index (κ3) is 1.55. The minimum Gasteiger partial charge on any atom is -0.345 e. The summed E-state index contributed by atoms with van der Waals surface area (Å²) in [4.78, 5) is 11.6. The maximum atomic E-state index is 6.26. The van der Waals surface area contributed by atoms with E-state index in [0.717, 1.165) is 41.9 Å². The minimum absolute atomic E-state index is 0.647. The molecular weight excluding hydrogens is 224 g/mol. The van der Waals surface area contributed by atoms with Gasteiger partial charge in [-0.25, -0.2) is 4.98 Å². The van der Waals surface area contributed by atoms with Crippen molar-refractivity contribution >= 4 is 34.2 Å². The van der Waals surface area contributed by atoms with Crippen molar-refractivity contribution in [3.05, 3.63) is 23.5 Å². The monoisotopic (exact) mass is 234 g/mol. The number of imidazole rings is 1. The molecule has 0 unspecified atom stereocenters. The van der Waals surface area contributed by atoms with Crippen molar-refractivity contribution in [1.29, 1.82) is 0 Å². The van der Waals surface area contributed by atoms with Gasteiger partial charge in [0.2, 0.25) is 0 Å². The van der Waals surface area contributed by atoms with Crippen LogP contribution in [0.5, 0.6) is 0 Å². The largest absolute Gasteiger partial charge is 0.345 e. The zero-order valence-corrected chi connectivity index (χ0v) is 9.38. The second kappa shape index (κ2) is 3.79. The van der Waals surface area contributed by atoms with Crippen molar-refractivity contribution in [3.8, 4) is 0 Å². The van der Waals surface area contributed by atoms with Crippen molar-refractivity contribution in [2.45, 2.75) is 12.8 Å². The van der Waals surface area contributed by atoms with Gasteiger partial charge in [0.05, 0.1) is 22.6 Å². The van der Waals surface area contributed by atoms with Gasteiger partial charge >= 0.3 is 0 Å². The highest BCUT2D eigenvalue weighted by molar-refractivity contribution is 6.38. The lowest BCUT2D eigenvalue weighted by Crippen LogP contribution is -2.08. The van der Waals surface area contributed by atoms with Crippen LogP contribution in [0.15, 0.2) is 23.5 Å². The predicted octanol–water partition coefficient (Wildman–Crippen LogP) is 2.82. The van der Waals surface area contributed by atoms with E-state index in [0.29, 0.717) is 5.02 Å². The fourth-order valence-electron chi connectivity index (χ4n) is 1.87. The maximum absolute atomic E-state index is 6.26. The van der Waals surface area contributed by atoms with Crippen LogP contribution in [0.1, 0.15) is 12.8 Å². The van der Waals surface area contributed by atoms with Crippen molar-refractivity contribution in [2.24, 2.45) is 4.99 Å². The number of hydrogen-bond acceptors (Lipinski definition) is 3. The van der Waals surface area contributed by atoms with Crippen LogP contribution < -0.4 is 5.32 Å². The Bertz CT molecular complexity index is 558. The van der Waals surface area contributed by atoms with Crippen LogP contribution in [0.2, 0.25) is 5.02 Å². The predicted molar refractivity (Wildman–Crippen MR) is 66.3 cm³/mol. The zero-order chi connectivity index (χ0) is 11.0. The summed E-state index contributed by atoms with van der Waals surface area (Å²) in [7, 11) is 0. The number of amidine groups is 1. The Balaban J connectivity index is 1.99. The Labute approximate surface area is 97.7 Å². The molecule has 1 aromatic carbocycles. The topological polar surface area (TPSA) is 53.1 Å². The third-order valence-electron chi connectivity index (χ3n) is 2.68. The Kier molecular flexibility index (Phi) is 2.29. The summed E-state index contributed by atoms with van der Waals surface area (Å²) in [5.41, 5.74) is 2.62. The number of nitrogens with one attached hydrogen (secondary N) is 2. The van der Waals surface area contributed by atoms with Crippen LogP contribution >= 0.6 is 11.6 Å². The number of benzene rings is 1. The molecule has 4 nitrogen and oxygen atoms in total. The standard InChI is InChI=1S/C11H11ClN4/c12-10-7(16-9-2-1-5-13-9)3-4-8-11(10)15-6-14-8/h3-4,6H,1-2,5H2,(H,13,16)(H,14,15). The van der Waals surface area contributed by atoms with Gasteiger partial charge in [-0.1, -0.05) is 11.6 Å². The lowest BCUT2D eigenvalue weighted by Gasteiger charge is -2.07. The Morgan fingerprint density at radius 1 is 1.38 bits per heavy atom. The summed E-state index contributed by atoms with van der Waals surface area (Å²) in [6.45, 7) is 0.907. The van der Waals surface area contributed by atoms with E-state index in [1.54, 1.807) is 6.33 Å². The van der Waals surface area contributed by atoms with Gasteiger partial charge in [0.15, 0.2) is 0 Å². The summed E-state index contributed by atoms with van der Waals surface area (Å²) >= 11 is 6.26. The van der Waals surface area contributed by atoms with Crippen LogP contribution in [0, 0.1) is 0 Å². The number of hydrogen-bond donors (Lipinski definition) is 2. The molecule has 0 amide bonds. The summed E-state index contributed by atoms with van der Waals surface area (Å²) in [5, 5.41) is 3.90. The minimum atomic E-state index is 0.647. The van der Waals surface area contributed by atoms with Gasteiger partial charge in [-0.15, -0.1) is 0 Å². The van der Waals surface area contributed by atoms with Crippen molar-refractivity contribution in [2.75, 3.05) is 11.9 Å². The van der Waals surface area contributed by atoms with Gasteiger partial charge in [0.25, 0.3) is 0 Å². The molecule has 0 saturated carbocycles. The summed E-state index contributed by atoms with van der Waals surface area (Å²) in [6, 6.07) is 3.91. The van der Waals surface area contributed by atoms with Gasteiger partial charge in [-0.3, -0.25) is 4.99 Å². The summed E-state index contributed by atoms with van der Waals surface area (Å²) in [6.07, 6.45) is 3.76. The van der Waals surface area contributed by atoms with Crippen molar-refractivity contribution in [3.63, 3.8) is 0 Å². The van der Waals surface area contributed by atoms with E-state index in [4.69, 9.17) is 11.6 Å². The van der Waals surface area contributed by atoms with E-state index in [1.807, 2.05) is 12.1 Å². The molecule has 5 heteroatoms. The molecule has 2 N–H and O–H groups in total. The number of aliphatic imine (C=N–C) groups is 1. The molecule has 0 spiro atoms. The van der Waals surface area contributed by atoms with Crippen molar-refractivity contribution in [1.82, 2.24) is 9.97 Å². The first kappa shape index (κ1) is 9.66. The normalized spacial score (nSPS) is 15.4. The molecule has 1 aromatic heterocycles. The molecule has 2 aromatic rings. The number of H-pyrrole nitrogens is 1. The average Bonchev–Trinajstić information content (AvgIpc) is 2.93. The Hall–Kier alpha value is -1.55. The highest BCUT2D eigenvalue weighted by Gasteiger charge is 2.11. The smallest absolute Gasteiger partial charge is 0.109 e. The molecular formula is C11H11ClN4. The van der Waals surface area contributed by atoms with Crippen LogP contribution in [-0.2, 0) is 0 Å². The van der Waals surface area contributed by atoms with Crippen LogP contribution in [0.25, 0.3) is 11.0 Å².